The number of aromatic nitrogens is 4. The minimum Gasteiger partial charge on any atom is -0.381 e. The molecule has 0 saturated carbocycles. The Balaban J connectivity index is 1.07. The van der Waals surface area contributed by atoms with Crippen LogP contribution in [0.2, 0.25) is 5.02 Å². The summed E-state index contributed by atoms with van der Waals surface area (Å²) in [6.07, 6.45) is 3.90. The molecule has 1 saturated heterocycles. The Morgan fingerprint density at radius 1 is 0.915 bits per heavy atom. The monoisotopic (exact) mass is 656 g/mol. The number of ether oxygens (including phenoxy) is 1. The zero-order chi connectivity index (χ0) is 32.7. The highest BCUT2D eigenvalue weighted by atomic mass is 35.5. The maximum atomic E-state index is 13.6. The van der Waals surface area contributed by atoms with E-state index >= 15 is 0 Å². The topological polar surface area (TPSA) is 118 Å². The lowest BCUT2D eigenvalue weighted by Gasteiger charge is -2.31. The third-order valence-electron chi connectivity index (χ3n) is 9.84. The fourth-order valence-electron chi connectivity index (χ4n) is 7.15. The van der Waals surface area contributed by atoms with Gasteiger partial charge in [-0.2, -0.15) is 0 Å². The Bertz CT molecular complexity index is 1840. The molecule has 4 aromatic rings. The van der Waals surface area contributed by atoms with Gasteiger partial charge in [-0.1, -0.05) is 35.9 Å². The lowest BCUT2D eigenvalue weighted by molar-refractivity contribution is 0.0503. The van der Waals surface area contributed by atoms with Gasteiger partial charge in [0.15, 0.2) is 11.6 Å². The number of hydrogen-bond donors (Lipinski definition) is 3. The average molecular weight is 657 g/mol. The Labute approximate surface area is 279 Å². The van der Waals surface area contributed by atoms with Crippen molar-refractivity contribution in [2.75, 3.05) is 43.5 Å². The van der Waals surface area contributed by atoms with Gasteiger partial charge in [0, 0.05) is 95.5 Å². The van der Waals surface area contributed by atoms with Crippen molar-refractivity contribution in [1.82, 2.24) is 29.3 Å². The van der Waals surface area contributed by atoms with Crippen molar-refractivity contribution in [3.63, 3.8) is 0 Å². The fourth-order valence-corrected chi connectivity index (χ4v) is 7.43. The van der Waals surface area contributed by atoms with Crippen molar-refractivity contribution in [2.24, 2.45) is 20.0 Å². The first kappa shape index (κ1) is 31.6. The minimum absolute atomic E-state index is 0.252. The molecule has 7 rings (SSSR count). The van der Waals surface area contributed by atoms with Gasteiger partial charge in [-0.25, -0.2) is 9.97 Å². The third-order valence-corrected chi connectivity index (χ3v) is 10.3. The van der Waals surface area contributed by atoms with Gasteiger partial charge < -0.3 is 29.8 Å². The number of carbonyl (C=O) groups is 2. The van der Waals surface area contributed by atoms with Crippen molar-refractivity contribution >= 4 is 34.8 Å². The molecular formula is C35H41ClN8O3. The van der Waals surface area contributed by atoms with Crippen LogP contribution < -0.4 is 16.0 Å². The van der Waals surface area contributed by atoms with Crippen molar-refractivity contribution in [3.8, 4) is 11.1 Å². The van der Waals surface area contributed by atoms with Gasteiger partial charge in [-0.3, -0.25) is 14.5 Å². The van der Waals surface area contributed by atoms with Gasteiger partial charge in [-0.05, 0) is 48.9 Å². The average Bonchev–Trinajstić information content (AvgIpc) is 3.59. The zero-order valence-corrected chi connectivity index (χ0v) is 27.9. The van der Waals surface area contributed by atoms with Gasteiger partial charge in [-0.15, -0.1) is 0 Å². The first-order chi connectivity index (χ1) is 22.8. The molecule has 1 fully saturated rings. The van der Waals surface area contributed by atoms with Crippen LogP contribution in [-0.2, 0) is 44.8 Å². The number of nitrogens with one attached hydrogen (secondary N) is 3. The number of nitrogens with zero attached hydrogens (tertiary/aromatic N) is 5. The highest BCUT2D eigenvalue weighted by molar-refractivity contribution is 6.36. The van der Waals surface area contributed by atoms with E-state index in [2.05, 4.69) is 25.8 Å². The Hall–Kier alpha value is -4.03. The molecule has 0 atom stereocenters. The van der Waals surface area contributed by atoms with Crippen LogP contribution in [0.3, 0.4) is 0 Å². The second-order valence-electron chi connectivity index (χ2n) is 12.8. The molecule has 0 aliphatic carbocycles. The van der Waals surface area contributed by atoms with Gasteiger partial charge in [0.2, 0.25) is 0 Å². The number of carbonyl (C=O) groups excluding carboxylic acids is 2. The van der Waals surface area contributed by atoms with Crippen LogP contribution >= 0.6 is 11.6 Å². The van der Waals surface area contributed by atoms with Crippen LogP contribution in [0.15, 0.2) is 36.4 Å². The Morgan fingerprint density at radius 2 is 1.55 bits per heavy atom. The molecule has 3 N–H and O–H groups in total. The van der Waals surface area contributed by atoms with E-state index in [9.17, 15) is 9.59 Å². The zero-order valence-electron chi connectivity index (χ0n) is 27.2. The van der Waals surface area contributed by atoms with E-state index in [-0.39, 0.29) is 11.8 Å². The number of benzene rings is 2. The summed E-state index contributed by atoms with van der Waals surface area (Å²) < 4.78 is 9.33. The van der Waals surface area contributed by atoms with Gasteiger partial charge in [0.25, 0.3) is 11.8 Å². The van der Waals surface area contributed by atoms with Crippen molar-refractivity contribution < 1.29 is 14.3 Å². The summed E-state index contributed by atoms with van der Waals surface area (Å²) in [5.41, 5.74) is 7.70. The predicted octanol–water partition coefficient (Wildman–Crippen LogP) is 4.72. The Morgan fingerprint density at radius 3 is 2.28 bits per heavy atom. The summed E-state index contributed by atoms with van der Waals surface area (Å²) >= 11 is 6.93. The molecule has 0 spiro atoms. The lowest BCUT2D eigenvalue weighted by atomic mass is 9.98. The standard InChI is InChI=1S/C35H41ClN8O3/c1-21-23(24-7-5-9-26(31(24)36)41-35(46)32-38-27-18-37-14-10-29(27)42(32)2)6-4-8-25(21)40-34(45)33-39-28-20-44(15-11-30(28)43(33)3)19-22-12-16-47-17-13-22/h4-9,22,37H,10-20H2,1-3H3,(H,40,45)(H,41,46). The number of rotatable bonds is 7. The molecule has 3 aliphatic heterocycles. The molecule has 2 aromatic carbocycles. The van der Waals surface area contributed by atoms with Crippen LogP contribution in [-0.4, -0.2) is 68.7 Å². The van der Waals surface area contributed by atoms with Crippen molar-refractivity contribution in [2.45, 2.75) is 45.7 Å². The second-order valence-corrected chi connectivity index (χ2v) is 13.2. The first-order valence-corrected chi connectivity index (χ1v) is 16.8. The molecule has 47 heavy (non-hydrogen) atoms. The summed E-state index contributed by atoms with van der Waals surface area (Å²) in [4.78, 5) is 38.8. The molecule has 3 aliphatic rings. The van der Waals surface area contributed by atoms with E-state index in [0.717, 1.165) is 105 Å². The number of fused-ring (bicyclic) bond motifs is 2. The highest BCUT2D eigenvalue weighted by Gasteiger charge is 2.28. The van der Waals surface area contributed by atoms with Crippen LogP contribution in [0.1, 0.15) is 62.4 Å². The van der Waals surface area contributed by atoms with Crippen molar-refractivity contribution in [3.05, 3.63) is 81.4 Å². The highest BCUT2D eigenvalue weighted by Crippen LogP contribution is 2.38. The summed E-state index contributed by atoms with van der Waals surface area (Å²) in [5.74, 6) is 0.842. The number of hydrogen-bond acceptors (Lipinski definition) is 7. The summed E-state index contributed by atoms with van der Waals surface area (Å²) in [6, 6.07) is 11.3. The normalized spacial score (nSPS) is 16.9. The predicted molar refractivity (Wildman–Crippen MR) is 182 cm³/mol. The van der Waals surface area contributed by atoms with E-state index in [1.54, 1.807) is 6.07 Å². The first-order valence-electron chi connectivity index (χ1n) is 16.4. The molecule has 2 aromatic heterocycles. The molecule has 0 bridgehead atoms. The molecule has 246 valence electrons. The molecule has 11 nitrogen and oxygen atoms in total. The maximum absolute atomic E-state index is 13.6. The maximum Gasteiger partial charge on any atom is 0.291 e. The second kappa shape index (κ2) is 13.2. The number of anilines is 2. The van der Waals surface area contributed by atoms with E-state index in [1.165, 1.54) is 0 Å². The smallest absolute Gasteiger partial charge is 0.291 e. The lowest BCUT2D eigenvalue weighted by Crippen LogP contribution is -2.36. The minimum atomic E-state index is -0.317. The number of halogens is 1. The molecule has 12 heteroatoms. The van der Waals surface area contributed by atoms with Crippen LogP contribution in [0.25, 0.3) is 11.1 Å². The van der Waals surface area contributed by atoms with Gasteiger partial charge in [0.05, 0.1) is 22.1 Å². The molecule has 5 heterocycles. The van der Waals surface area contributed by atoms with Crippen LogP contribution in [0, 0.1) is 12.8 Å². The quantitative estimate of drug-likeness (QED) is 0.264. The van der Waals surface area contributed by atoms with E-state index in [0.29, 0.717) is 40.5 Å². The molecular weight excluding hydrogens is 616 g/mol. The van der Waals surface area contributed by atoms with Gasteiger partial charge >= 0.3 is 0 Å². The summed E-state index contributed by atoms with van der Waals surface area (Å²) in [7, 11) is 3.80. The molecule has 2 amide bonds. The third kappa shape index (κ3) is 6.20. The summed E-state index contributed by atoms with van der Waals surface area (Å²) in [5, 5.41) is 9.78. The number of amides is 2. The van der Waals surface area contributed by atoms with Crippen molar-refractivity contribution in [1.29, 1.82) is 0 Å². The summed E-state index contributed by atoms with van der Waals surface area (Å²) in [6.45, 7) is 7.92. The fraction of sp³-hybridized carbons (Fsp3) is 0.429. The van der Waals surface area contributed by atoms with E-state index in [1.807, 2.05) is 60.5 Å². The molecule has 0 unspecified atom stereocenters. The largest absolute Gasteiger partial charge is 0.381 e. The Kier molecular flexibility index (Phi) is 8.89. The number of imidazole rings is 2. The van der Waals surface area contributed by atoms with Crippen LogP contribution in [0.4, 0.5) is 11.4 Å². The van der Waals surface area contributed by atoms with Crippen LogP contribution in [0.5, 0.6) is 0 Å². The SMILES string of the molecule is Cc1c(NC(=O)c2nc3c(n2C)CCN(CC2CCOCC2)C3)cccc1-c1cccc(NC(=O)c2nc3c(n2C)CCNC3)c1Cl. The van der Waals surface area contributed by atoms with E-state index < -0.39 is 0 Å². The molecule has 0 radical (unpaired) electrons. The van der Waals surface area contributed by atoms with Gasteiger partial charge in [0.1, 0.15) is 0 Å². The van der Waals surface area contributed by atoms with E-state index in [4.69, 9.17) is 21.3 Å².